The molecule has 0 spiro atoms. The van der Waals surface area contributed by atoms with Crippen molar-refractivity contribution in [2.45, 2.75) is 24.3 Å². The predicted octanol–water partition coefficient (Wildman–Crippen LogP) is 2.85. The van der Waals surface area contributed by atoms with E-state index in [9.17, 15) is 18.8 Å². The smallest absolute Gasteiger partial charge is 0.321 e. The van der Waals surface area contributed by atoms with E-state index in [0.717, 1.165) is 16.3 Å². The van der Waals surface area contributed by atoms with Crippen LogP contribution in [-0.4, -0.2) is 33.3 Å². The fourth-order valence-electron chi connectivity index (χ4n) is 2.67. The zero-order valence-corrected chi connectivity index (χ0v) is 16.6. The fourth-order valence-corrected chi connectivity index (χ4v) is 3.59. The summed E-state index contributed by atoms with van der Waals surface area (Å²) in [5.41, 5.74) is 0.0260. The zero-order chi connectivity index (χ0) is 21.0. The molecule has 2 aromatic carbocycles. The molecule has 0 aliphatic heterocycles. The van der Waals surface area contributed by atoms with Gasteiger partial charge in [-0.05, 0) is 38.1 Å². The van der Waals surface area contributed by atoms with Crippen LogP contribution in [0.5, 0.6) is 0 Å². The topological polar surface area (TPSA) is 93.1 Å². The van der Waals surface area contributed by atoms with E-state index in [1.54, 1.807) is 44.2 Å². The second-order valence-corrected chi connectivity index (χ2v) is 7.42. The third kappa shape index (κ3) is 4.45. The first-order valence-corrected chi connectivity index (χ1v) is 9.82. The van der Waals surface area contributed by atoms with Crippen LogP contribution in [0, 0.1) is 5.82 Å². The van der Waals surface area contributed by atoms with Crippen molar-refractivity contribution in [3.63, 3.8) is 0 Å². The molecule has 29 heavy (non-hydrogen) atoms. The van der Waals surface area contributed by atoms with Gasteiger partial charge in [0.2, 0.25) is 5.91 Å². The summed E-state index contributed by atoms with van der Waals surface area (Å²) in [5, 5.41) is 4.42. The number of para-hydroxylation sites is 2. The molecule has 3 amide bonds. The lowest BCUT2D eigenvalue weighted by Crippen LogP contribution is -2.42. The highest BCUT2D eigenvalue weighted by Gasteiger charge is 2.22. The summed E-state index contributed by atoms with van der Waals surface area (Å²) in [5.74, 6) is -1.14. The van der Waals surface area contributed by atoms with Crippen LogP contribution in [0.4, 0.5) is 9.18 Å². The van der Waals surface area contributed by atoms with Crippen LogP contribution in [0.3, 0.4) is 0 Å². The molecule has 2 N–H and O–H groups in total. The molecule has 0 bridgehead atoms. The van der Waals surface area contributed by atoms with Crippen molar-refractivity contribution >= 4 is 34.6 Å². The van der Waals surface area contributed by atoms with E-state index in [1.165, 1.54) is 18.2 Å². The van der Waals surface area contributed by atoms with E-state index >= 15 is 0 Å². The lowest BCUT2D eigenvalue weighted by Gasteiger charge is -2.16. The number of carbonyl (C=O) groups is 2. The predicted molar refractivity (Wildman–Crippen MR) is 110 cm³/mol. The molecular weight excluding hydrogens is 395 g/mol. The van der Waals surface area contributed by atoms with Crippen molar-refractivity contribution in [1.29, 1.82) is 0 Å². The highest BCUT2D eigenvalue weighted by Crippen LogP contribution is 2.26. The minimum absolute atomic E-state index is 0.0367. The Balaban J connectivity index is 2.06. The third-order valence-corrected chi connectivity index (χ3v) is 5.12. The first kappa shape index (κ1) is 20.5. The molecule has 9 heteroatoms. The van der Waals surface area contributed by atoms with Crippen LogP contribution in [0.2, 0.25) is 0 Å². The number of nitrogens with one attached hydrogen (secondary N) is 2. The van der Waals surface area contributed by atoms with E-state index in [0.29, 0.717) is 17.4 Å². The average molecular weight is 414 g/mol. The molecule has 0 fully saturated rings. The number of aromatic nitrogens is 2. The van der Waals surface area contributed by atoms with Crippen LogP contribution in [0.1, 0.15) is 13.8 Å². The van der Waals surface area contributed by atoms with Crippen molar-refractivity contribution in [1.82, 2.24) is 20.2 Å². The Hall–Kier alpha value is -3.20. The highest BCUT2D eigenvalue weighted by atomic mass is 32.2. The van der Waals surface area contributed by atoms with Crippen LogP contribution in [0.25, 0.3) is 16.6 Å². The van der Waals surface area contributed by atoms with Gasteiger partial charge in [-0.25, -0.2) is 14.2 Å². The molecule has 7 nitrogen and oxygen atoms in total. The number of halogens is 1. The Morgan fingerprint density at radius 3 is 2.59 bits per heavy atom. The molecule has 3 rings (SSSR count). The molecule has 0 saturated carbocycles. The van der Waals surface area contributed by atoms with Crippen molar-refractivity contribution < 1.29 is 14.0 Å². The van der Waals surface area contributed by atoms with Gasteiger partial charge in [0.05, 0.1) is 21.8 Å². The second-order valence-electron chi connectivity index (χ2n) is 6.11. The maximum Gasteiger partial charge on any atom is 0.321 e. The summed E-state index contributed by atoms with van der Waals surface area (Å²) in [6, 6.07) is 12.0. The summed E-state index contributed by atoms with van der Waals surface area (Å²) in [7, 11) is 0. The van der Waals surface area contributed by atoms with Gasteiger partial charge in [-0.1, -0.05) is 36.0 Å². The number of carbonyl (C=O) groups excluding carboxylic acids is 2. The third-order valence-electron chi connectivity index (χ3n) is 4.06. The number of urea groups is 1. The lowest BCUT2D eigenvalue weighted by molar-refractivity contribution is -0.119. The highest BCUT2D eigenvalue weighted by molar-refractivity contribution is 8.00. The number of rotatable bonds is 5. The van der Waals surface area contributed by atoms with E-state index in [2.05, 4.69) is 15.6 Å². The fraction of sp³-hybridized carbons (Fsp3) is 0.200. The van der Waals surface area contributed by atoms with Crippen LogP contribution >= 0.6 is 11.8 Å². The molecule has 0 saturated heterocycles. The number of fused-ring (bicyclic) bond motifs is 1. The molecule has 1 heterocycles. The summed E-state index contributed by atoms with van der Waals surface area (Å²) in [4.78, 5) is 41.5. The maximum absolute atomic E-state index is 14.5. The number of nitrogens with zero attached hydrogens (tertiary/aromatic N) is 2. The first-order valence-electron chi connectivity index (χ1n) is 8.94. The SMILES string of the molecule is CCNC(=O)NC(=O)C(C)Sc1nc2ccccc2c(=O)n1-c1ccccc1F. The summed E-state index contributed by atoms with van der Waals surface area (Å²) < 4.78 is 15.6. The Morgan fingerprint density at radius 2 is 1.86 bits per heavy atom. The average Bonchev–Trinajstić information content (AvgIpc) is 2.69. The minimum atomic E-state index is -0.760. The molecule has 1 unspecified atom stereocenters. The van der Waals surface area contributed by atoms with Gasteiger partial charge in [-0.3, -0.25) is 19.5 Å². The van der Waals surface area contributed by atoms with Crippen LogP contribution < -0.4 is 16.2 Å². The van der Waals surface area contributed by atoms with Crippen molar-refractivity contribution in [3.8, 4) is 5.69 Å². The van der Waals surface area contributed by atoms with Gasteiger partial charge >= 0.3 is 6.03 Å². The number of hydrogen-bond acceptors (Lipinski definition) is 5. The zero-order valence-electron chi connectivity index (χ0n) is 15.8. The van der Waals surface area contributed by atoms with Gasteiger partial charge in [0.25, 0.3) is 5.56 Å². The first-order chi connectivity index (χ1) is 13.9. The van der Waals surface area contributed by atoms with E-state index in [-0.39, 0.29) is 10.8 Å². The van der Waals surface area contributed by atoms with Crippen LogP contribution in [-0.2, 0) is 4.79 Å². The molecule has 0 aliphatic rings. The Bertz CT molecular complexity index is 1130. The molecule has 1 atom stereocenters. The van der Waals surface area contributed by atoms with Gasteiger partial charge in [-0.15, -0.1) is 0 Å². The lowest BCUT2D eigenvalue weighted by atomic mass is 10.2. The number of benzene rings is 2. The largest absolute Gasteiger partial charge is 0.338 e. The number of amides is 3. The van der Waals surface area contributed by atoms with Crippen molar-refractivity contribution in [2.75, 3.05) is 6.54 Å². The minimum Gasteiger partial charge on any atom is -0.338 e. The molecule has 3 aromatic rings. The Kier molecular flexibility index (Phi) is 6.28. The Labute approximate surface area is 170 Å². The summed E-state index contributed by atoms with van der Waals surface area (Å²) >= 11 is 0.964. The van der Waals surface area contributed by atoms with Crippen LogP contribution in [0.15, 0.2) is 58.5 Å². The van der Waals surface area contributed by atoms with E-state index < -0.39 is 28.6 Å². The second kappa shape index (κ2) is 8.87. The van der Waals surface area contributed by atoms with Gasteiger partial charge < -0.3 is 5.32 Å². The quantitative estimate of drug-likeness (QED) is 0.495. The van der Waals surface area contributed by atoms with Crippen molar-refractivity contribution in [2.24, 2.45) is 0 Å². The molecule has 1 aromatic heterocycles. The van der Waals surface area contributed by atoms with Crippen molar-refractivity contribution in [3.05, 3.63) is 64.7 Å². The number of thioether (sulfide) groups is 1. The van der Waals surface area contributed by atoms with Gasteiger partial charge in [0, 0.05) is 6.54 Å². The summed E-state index contributed by atoms with van der Waals surface area (Å²) in [6.07, 6.45) is 0. The van der Waals surface area contributed by atoms with Gasteiger partial charge in [0.15, 0.2) is 5.16 Å². The summed E-state index contributed by atoms with van der Waals surface area (Å²) in [6.45, 7) is 3.68. The van der Waals surface area contributed by atoms with Gasteiger partial charge in [0.1, 0.15) is 5.82 Å². The maximum atomic E-state index is 14.5. The normalized spacial score (nSPS) is 11.8. The van der Waals surface area contributed by atoms with E-state index in [1.807, 2.05) is 0 Å². The van der Waals surface area contributed by atoms with E-state index in [4.69, 9.17) is 0 Å². The number of hydrogen-bond donors (Lipinski definition) is 2. The molecule has 0 radical (unpaired) electrons. The Morgan fingerprint density at radius 1 is 1.17 bits per heavy atom. The molecule has 0 aliphatic carbocycles. The molecular formula is C20H19FN4O3S. The molecule has 150 valence electrons. The standard InChI is InChI=1S/C20H19FN4O3S/c1-3-22-19(28)24-17(26)12(2)29-20-23-15-10-6-4-8-13(15)18(27)25(20)16-11-7-5-9-14(16)21/h4-12H,3H2,1-2H3,(H2,22,24,26,28). The van der Waals surface area contributed by atoms with Gasteiger partial charge in [-0.2, -0.15) is 0 Å². The monoisotopic (exact) mass is 414 g/mol. The number of imide groups is 1.